The molecule has 0 bridgehead atoms. The Balaban J connectivity index is 1.88. The van der Waals surface area contributed by atoms with E-state index in [0.29, 0.717) is 0 Å². The van der Waals surface area contributed by atoms with Crippen molar-refractivity contribution < 1.29 is 0 Å². The molecule has 0 radical (unpaired) electrons. The predicted octanol–water partition coefficient (Wildman–Crippen LogP) is 4.10. The maximum Gasteiger partial charge on any atom is 0.0169 e. The predicted molar refractivity (Wildman–Crippen MR) is 136 cm³/mol. The van der Waals surface area contributed by atoms with Crippen LogP contribution in [-0.2, 0) is 0 Å². The molecule has 0 atom stereocenters. The van der Waals surface area contributed by atoms with Crippen LogP contribution >= 0.6 is 0 Å². The molecular weight excluding hydrogens is 380 g/mol. The summed E-state index contributed by atoms with van der Waals surface area (Å²) in [6.07, 6.45) is 12.2. The van der Waals surface area contributed by atoms with E-state index in [1.54, 1.807) is 0 Å². The van der Waals surface area contributed by atoms with Crippen LogP contribution in [-0.4, -0.2) is 62.2 Å². The molecule has 168 valence electrons. The number of benzene rings is 2. The van der Waals surface area contributed by atoms with Gasteiger partial charge in [-0.3, -0.25) is 4.90 Å². The fraction of sp³-hybridized carbons (Fsp3) is 0.407. The molecule has 2 aromatic carbocycles. The molecule has 0 amide bonds. The zero-order valence-electron chi connectivity index (χ0n) is 18.9. The summed E-state index contributed by atoms with van der Waals surface area (Å²) in [6, 6.07) is 21.0. The fourth-order valence-corrected chi connectivity index (χ4v) is 3.54. The van der Waals surface area contributed by atoms with Crippen molar-refractivity contribution in [3.8, 4) is 0 Å². The highest BCUT2D eigenvalue weighted by molar-refractivity contribution is 5.49. The first kappa shape index (κ1) is 25.0. The Bertz CT molecular complexity index is 668. The molecule has 2 rings (SSSR count). The Kier molecular flexibility index (Phi) is 13.3. The van der Waals surface area contributed by atoms with Gasteiger partial charge in [-0.1, -0.05) is 85.0 Å². The maximum atomic E-state index is 5.71. The van der Waals surface area contributed by atoms with E-state index in [9.17, 15) is 0 Å². The second kappa shape index (κ2) is 16.5. The van der Waals surface area contributed by atoms with E-state index in [1.165, 1.54) is 11.1 Å². The van der Waals surface area contributed by atoms with Gasteiger partial charge in [0.25, 0.3) is 0 Å². The Morgan fingerprint density at radius 3 is 1.42 bits per heavy atom. The first-order valence-electron chi connectivity index (χ1n) is 11.6. The van der Waals surface area contributed by atoms with E-state index in [4.69, 9.17) is 11.5 Å². The van der Waals surface area contributed by atoms with Gasteiger partial charge < -0.3 is 16.4 Å². The van der Waals surface area contributed by atoms with Gasteiger partial charge in [0.2, 0.25) is 0 Å². The van der Waals surface area contributed by atoms with E-state index in [1.807, 2.05) is 0 Å². The number of nitrogens with zero attached hydrogens (tertiary/aromatic N) is 2. The van der Waals surface area contributed by atoms with Crippen molar-refractivity contribution in [3.63, 3.8) is 0 Å². The molecule has 0 spiro atoms. The van der Waals surface area contributed by atoms with Gasteiger partial charge in [-0.05, 0) is 63.1 Å². The third-order valence-corrected chi connectivity index (χ3v) is 5.25. The Labute approximate surface area is 189 Å². The lowest BCUT2D eigenvalue weighted by atomic mass is 10.2. The largest absolute Gasteiger partial charge is 0.330 e. The summed E-state index contributed by atoms with van der Waals surface area (Å²) in [5.74, 6) is 0. The lowest BCUT2D eigenvalue weighted by Gasteiger charge is -2.24. The minimum absolute atomic E-state index is 0.750. The van der Waals surface area contributed by atoms with Crippen LogP contribution in [0, 0.1) is 0 Å². The summed E-state index contributed by atoms with van der Waals surface area (Å²) in [5.41, 5.74) is 13.9. The number of nitrogens with two attached hydrogens (primary N) is 2. The highest BCUT2D eigenvalue weighted by Gasteiger charge is 2.06. The summed E-state index contributed by atoms with van der Waals surface area (Å²) < 4.78 is 0. The van der Waals surface area contributed by atoms with Gasteiger partial charge in [0, 0.05) is 19.6 Å². The smallest absolute Gasteiger partial charge is 0.0169 e. The third-order valence-electron chi connectivity index (χ3n) is 5.25. The second-order valence-electron chi connectivity index (χ2n) is 7.87. The molecule has 0 aromatic heterocycles. The van der Waals surface area contributed by atoms with E-state index in [0.717, 1.165) is 71.6 Å². The summed E-state index contributed by atoms with van der Waals surface area (Å²) in [7, 11) is 0. The molecule has 31 heavy (non-hydrogen) atoms. The van der Waals surface area contributed by atoms with Gasteiger partial charge in [-0.15, -0.1) is 0 Å². The summed E-state index contributed by atoms with van der Waals surface area (Å²) in [5, 5.41) is 0. The highest BCUT2D eigenvalue weighted by atomic mass is 15.1. The van der Waals surface area contributed by atoms with Crippen LogP contribution in [0.3, 0.4) is 0 Å². The quantitative estimate of drug-likeness (QED) is 0.429. The van der Waals surface area contributed by atoms with Gasteiger partial charge in [0.05, 0.1) is 0 Å². The van der Waals surface area contributed by atoms with Crippen molar-refractivity contribution in [2.45, 2.75) is 19.3 Å². The first-order chi connectivity index (χ1) is 15.3. The van der Waals surface area contributed by atoms with E-state index in [2.05, 4.69) is 94.8 Å². The van der Waals surface area contributed by atoms with Gasteiger partial charge in [-0.2, -0.15) is 0 Å². The lowest BCUT2D eigenvalue weighted by molar-refractivity contribution is 0.242. The lowest BCUT2D eigenvalue weighted by Crippen LogP contribution is -2.33. The van der Waals surface area contributed by atoms with Gasteiger partial charge in [-0.25, -0.2) is 0 Å². The van der Waals surface area contributed by atoms with Gasteiger partial charge in [0.15, 0.2) is 0 Å². The van der Waals surface area contributed by atoms with Crippen molar-refractivity contribution in [1.82, 2.24) is 9.80 Å². The van der Waals surface area contributed by atoms with Crippen molar-refractivity contribution >= 4 is 12.2 Å². The average Bonchev–Trinajstić information content (AvgIpc) is 2.81. The molecule has 4 N–H and O–H groups in total. The van der Waals surface area contributed by atoms with Crippen LogP contribution in [0.4, 0.5) is 0 Å². The summed E-state index contributed by atoms with van der Waals surface area (Å²) in [4.78, 5) is 5.01. The normalized spacial score (nSPS) is 12.0. The standard InChI is InChI=1S/C27H40N4/c28-18-9-22-31(23-10-19-29)25-11-24-30(20-7-16-26-12-3-1-4-13-26)21-8-17-27-14-5-2-6-15-27/h1-8,12-17H,9-11,18-25,28-29H2/b16-7-,17-8+. The van der Waals surface area contributed by atoms with Crippen LogP contribution in [0.2, 0.25) is 0 Å². The molecule has 0 aliphatic heterocycles. The molecule has 0 heterocycles. The van der Waals surface area contributed by atoms with Crippen molar-refractivity contribution in [2.75, 3.05) is 52.4 Å². The minimum Gasteiger partial charge on any atom is -0.330 e. The van der Waals surface area contributed by atoms with Crippen LogP contribution in [0.5, 0.6) is 0 Å². The highest BCUT2D eigenvalue weighted by Crippen LogP contribution is 2.05. The van der Waals surface area contributed by atoms with Crippen molar-refractivity contribution in [3.05, 3.63) is 83.9 Å². The van der Waals surface area contributed by atoms with Crippen LogP contribution in [0.25, 0.3) is 12.2 Å². The molecule has 4 heteroatoms. The summed E-state index contributed by atoms with van der Waals surface area (Å²) >= 11 is 0. The van der Waals surface area contributed by atoms with Crippen LogP contribution < -0.4 is 11.5 Å². The topological polar surface area (TPSA) is 58.5 Å². The number of hydrogen-bond donors (Lipinski definition) is 2. The molecule has 4 nitrogen and oxygen atoms in total. The fourth-order valence-electron chi connectivity index (χ4n) is 3.54. The summed E-state index contributed by atoms with van der Waals surface area (Å²) in [6.45, 7) is 7.69. The molecule has 0 fully saturated rings. The van der Waals surface area contributed by atoms with Crippen LogP contribution in [0.15, 0.2) is 72.8 Å². The Hall–Kier alpha value is -2.24. The third kappa shape index (κ3) is 11.7. The monoisotopic (exact) mass is 420 g/mol. The average molecular weight is 421 g/mol. The van der Waals surface area contributed by atoms with E-state index >= 15 is 0 Å². The SMILES string of the molecule is NCCCN(CCCN)CCCN(C/C=C\c1ccccc1)C/C=C/c1ccccc1. The van der Waals surface area contributed by atoms with Gasteiger partial charge in [0.1, 0.15) is 0 Å². The second-order valence-corrected chi connectivity index (χ2v) is 7.87. The van der Waals surface area contributed by atoms with E-state index in [-0.39, 0.29) is 0 Å². The molecule has 0 aliphatic carbocycles. The minimum atomic E-state index is 0.750. The van der Waals surface area contributed by atoms with Crippen molar-refractivity contribution in [2.24, 2.45) is 11.5 Å². The molecule has 0 saturated heterocycles. The molecule has 0 unspecified atom stereocenters. The Morgan fingerprint density at radius 1 is 0.548 bits per heavy atom. The maximum absolute atomic E-state index is 5.71. The molecule has 0 saturated carbocycles. The zero-order valence-corrected chi connectivity index (χ0v) is 18.9. The molecule has 0 aliphatic rings. The number of rotatable bonds is 16. The van der Waals surface area contributed by atoms with Gasteiger partial charge >= 0.3 is 0 Å². The first-order valence-corrected chi connectivity index (χ1v) is 11.6. The van der Waals surface area contributed by atoms with Crippen LogP contribution in [0.1, 0.15) is 30.4 Å². The Morgan fingerprint density at radius 2 is 0.968 bits per heavy atom. The molecule has 2 aromatic rings. The van der Waals surface area contributed by atoms with Crippen molar-refractivity contribution in [1.29, 1.82) is 0 Å². The number of hydrogen-bond acceptors (Lipinski definition) is 4. The van der Waals surface area contributed by atoms with E-state index < -0.39 is 0 Å². The molecular formula is C27H40N4. The zero-order chi connectivity index (χ0) is 22.0.